The van der Waals surface area contributed by atoms with Gasteiger partial charge in [-0.05, 0) is 18.6 Å². The highest BCUT2D eigenvalue weighted by Gasteiger charge is 2.14. The number of benzene rings is 1. The van der Waals surface area contributed by atoms with E-state index in [-0.39, 0.29) is 5.89 Å². The van der Waals surface area contributed by atoms with E-state index in [1.807, 2.05) is 6.07 Å². The lowest BCUT2D eigenvalue weighted by Crippen LogP contribution is -2.09. The van der Waals surface area contributed by atoms with Crippen LogP contribution in [0.4, 0.5) is 0 Å². The summed E-state index contributed by atoms with van der Waals surface area (Å²) in [6, 6.07) is 7.08. The van der Waals surface area contributed by atoms with Gasteiger partial charge in [-0.15, -0.1) is 0 Å². The van der Waals surface area contributed by atoms with Crippen molar-refractivity contribution < 1.29 is 9.52 Å². The molecule has 0 radical (unpaired) electrons. The van der Waals surface area contributed by atoms with Crippen molar-refractivity contribution in [3.05, 3.63) is 40.6 Å². The second-order valence-corrected chi connectivity index (χ2v) is 8.26. The Morgan fingerprint density at radius 1 is 0.828 bits per heavy atom. The van der Waals surface area contributed by atoms with Crippen LogP contribution in [0.3, 0.4) is 0 Å². The van der Waals surface area contributed by atoms with Crippen LogP contribution in [0, 0.1) is 0 Å². The molecule has 0 amide bonds. The van der Waals surface area contributed by atoms with Gasteiger partial charge in [-0.25, -0.2) is 9.78 Å². The molecular weight excluding hydrogens is 362 g/mol. The van der Waals surface area contributed by atoms with Crippen LogP contribution >= 0.6 is 0 Å². The molecule has 4 nitrogen and oxygen atoms in total. The van der Waals surface area contributed by atoms with Gasteiger partial charge >= 0.3 is 5.63 Å². The van der Waals surface area contributed by atoms with Crippen molar-refractivity contribution in [1.29, 1.82) is 0 Å². The maximum Gasteiger partial charge on any atom is 0.346 e. The molecule has 0 aliphatic rings. The van der Waals surface area contributed by atoms with E-state index in [0.29, 0.717) is 17.3 Å². The van der Waals surface area contributed by atoms with Gasteiger partial charge in [-0.3, -0.25) is 0 Å². The summed E-state index contributed by atoms with van der Waals surface area (Å²) < 4.78 is 5.21. The highest BCUT2D eigenvalue weighted by Crippen LogP contribution is 2.20. The van der Waals surface area contributed by atoms with Gasteiger partial charge in [0.05, 0.1) is 10.9 Å². The number of hydrogen-bond donors (Lipinski definition) is 1. The van der Waals surface area contributed by atoms with Gasteiger partial charge in [-0.2, -0.15) is 0 Å². The molecule has 29 heavy (non-hydrogen) atoms. The number of aliphatic hydroxyl groups is 1. The first kappa shape index (κ1) is 23.6. The first-order valence-corrected chi connectivity index (χ1v) is 11.8. The highest BCUT2D eigenvalue weighted by molar-refractivity contribution is 5.76. The van der Waals surface area contributed by atoms with E-state index in [1.165, 1.54) is 77.0 Å². The van der Waals surface area contributed by atoms with Crippen LogP contribution in [0.5, 0.6) is 0 Å². The van der Waals surface area contributed by atoms with E-state index >= 15 is 0 Å². The zero-order valence-electron chi connectivity index (χ0n) is 18.2. The van der Waals surface area contributed by atoms with Gasteiger partial charge < -0.3 is 9.52 Å². The maximum atomic E-state index is 12.0. The van der Waals surface area contributed by atoms with Crippen LogP contribution in [0.1, 0.15) is 115 Å². The third-order valence-corrected chi connectivity index (χ3v) is 5.67. The zero-order valence-corrected chi connectivity index (χ0v) is 18.2. The summed E-state index contributed by atoms with van der Waals surface area (Å²) in [5.41, 5.74) is 0.157. The Morgan fingerprint density at radius 2 is 1.34 bits per heavy atom. The Morgan fingerprint density at radius 3 is 1.93 bits per heavy atom. The Kier molecular flexibility index (Phi) is 11.7. The first-order chi connectivity index (χ1) is 14.2. The van der Waals surface area contributed by atoms with Crippen molar-refractivity contribution in [2.24, 2.45) is 0 Å². The number of rotatable bonds is 16. The second-order valence-electron chi connectivity index (χ2n) is 8.26. The first-order valence-electron chi connectivity index (χ1n) is 11.8. The molecule has 1 aromatic carbocycles. The van der Waals surface area contributed by atoms with Crippen molar-refractivity contribution in [2.75, 3.05) is 0 Å². The van der Waals surface area contributed by atoms with Crippen molar-refractivity contribution in [2.45, 2.75) is 109 Å². The molecule has 2 aromatic rings. The minimum absolute atomic E-state index is 0.142. The Labute approximate surface area is 175 Å². The molecule has 1 aromatic heterocycles. The summed E-state index contributed by atoms with van der Waals surface area (Å²) in [7, 11) is 0. The second kappa shape index (κ2) is 14.3. The number of fused-ring (bicyclic) bond motifs is 1. The van der Waals surface area contributed by atoms with Crippen molar-refractivity contribution in [1.82, 2.24) is 4.98 Å². The molecule has 0 bridgehead atoms. The van der Waals surface area contributed by atoms with E-state index in [0.717, 1.165) is 12.8 Å². The fourth-order valence-corrected chi connectivity index (χ4v) is 3.83. The number of aliphatic hydroxyl groups excluding tert-OH is 1. The monoisotopic (exact) mass is 401 g/mol. The topological polar surface area (TPSA) is 63.3 Å². The van der Waals surface area contributed by atoms with Crippen LogP contribution in [0.2, 0.25) is 0 Å². The van der Waals surface area contributed by atoms with Crippen LogP contribution in [-0.4, -0.2) is 10.1 Å². The van der Waals surface area contributed by atoms with Crippen LogP contribution < -0.4 is 5.63 Å². The molecule has 1 heterocycles. The van der Waals surface area contributed by atoms with Crippen molar-refractivity contribution >= 4 is 10.9 Å². The molecule has 0 aliphatic heterocycles. The molecule has 4 heteroatoms. The summed E-state index contributed by atoms with van der Waals surface area (Å²) in [6.45, 7) is 2.27. The summed E-state index contributed by atoms with van der Waals surface area (Å²) in [5.74, 6) is 0.142. The predicted octanol–water partition coefficient (Wildman–Crippen LogP) is 7.09. The van der Waals surface area contributed by atoms with E-state index in [9.17, 15) is 9.90 Å². The normalized spacial score (nSPS) is 12.5. The molecule has 1 atom stereocenters. The molecule has 0 aliphatic carbocycles. The molecule has 1 N–H and O–H groups in total. The summed E-state index contributed by atoms with van der Waals surface area (Å²) in [4.78, 5) is 16.3. The Bertz CT molecular complexity index is 740. The quantitative estimate of drug-likeness (QED) is 0.305. The van der Waals surface area contributed by atoms with Gasteiger partial charge in [0, 0.05) is 0 Å². The molecule has 0 saturated carbocycles. The fraction of sp³-hybridized carbons (Fsp3) is 0.680. The van der Waals surface area contributed by atoms with Gasteiger partial charge in [0.15, 0.2) is 0 Å². The predicted molar refractivity (Wildman–Crippen MR) is 120 cm³/mol. The molecule has 162 valence electrons. The van der Waals surface area contributed by atoms with Gasteiger partial charge in [0.2, 0.25) is 5.89 Å². The molecule has 2 rings (SSSR count). The van der Waals surface area contributed by atoms with Crippen LogP contribution in [0.15, 0.2) is 33.5 Å². The average Bonchev–Trinajstić information content (AvgIpc) is 2.73. The lowest BCUT2D eigenvalue weighted by Gasteiger charge is -2.09. The maximum absolute atomic E-state index is 12.0. The average molecular weight is 402 g/mol. The number of nitrogens with zero attached hydrogens (tertiary/aromatic N) is 1. The number of aromatic nitrogens is 1. The van der Waals surface area contributed by atoms with Crippen LogP contribution in [0.25, 0.3) is 10.9 Å². The highest BCUT2D eigenvalue weighted by atomic mass is 16.4. The largest absolute Gasteiger partial charge is 0.405 e. The lowest BCUT2D eigenvalue weighted by atomic mass is 10.0. The van der Waals surface area contributed by atoms with Crippen molar-refractivity contribution in [3.8, 4) is 0 Å². The minimum atomic E-state index is -0.801. The van der Waals surface area contributed by atoms with Gasteiger partial charge in [-0.1, -0.05) is 109 Å². The molecule has 0 spiro atoms. The summed E-state index contributed by atoms with van der Waals surface area (Å²) in [5, 5.41) is 10.8. The number of unbranched alkanes of at least 4 members (excludes halogenated alkanes) is 13. The minimum Gasteiger partial charge on any atom is -0.405 e. The zero-order chi connectivity index (χ0) is 20.7. The van der Waals surface area contributed by atoms with Gasteiger partial charge in [0.1, 0.15) is 6.10 Å². The summed E-state index contributed by atoms with van der Waals surface area (Å²) in [6.07, 6.45) is 18.1. The Hall–Kier alpha value is -1.68. The molecule has 0 saturated heterocycles. The van der Waals surface area contributed by atoms with E-state index in [1.54, 1.807) is 18.2 Å². The lowest BCUT2D eigenvalue weighted by molar-refractivity contribution is 0.125. The molecule has 0 fully saturated rings. The standard InChI is InChI=1S/C25H39NO3/c1-2-3-4-5-6-7-8-9-10-11-12-13-14-15-20-23(27)24-26-22-19-17-16-18-21(22)25(28)29-24/h16-19,23,27H,2-15,20H2,1H3. The smallest absolute Gasteiger partial charge is 0.346 e. The SMILES string of the molecule is CCCCCCCCCCCCCCCCC(O)c1nc2ccccc2c(=O)o1. The third kappa shape index (κ3) is 9.12. The number of hydrogen-bond acceptors (Lipinski definition) is 4. The van der Waals surface area contributed by atoms with Gasteiger partial charge in [0.25, 0.3) is 0 Å². The fourth-order valence-electron chi connectivity index (χ4n) is 3.83. The van der Waals surface area contributed by atoms with E-state index < -0.39 is 11.7 Å². The van der Waals surface area contributed by atoms with E-state index in [4.69, 9.17) is 4.42 Å². The third-order valence-electron chi connectivity index (χ3n) is 5.67. The molecular formula is C25H39NO3. The summed E-state index contributed by atoms with van der Waals surface area (Å²) >= 11 is 0. The Balaban J connectivity index is 1.49. The number of para-hydroxylation sites is 1. The molecule has 1 unspecified atom stereocenters. The van der Waals surface area contributed by atoms with Crippen LogP contribution in [-0.2, 0) is 0 Å². The van der Waals surface area contributed by atoms with Crippen molar-refractivity contribution in [3.63, 3.8) is 0 Å². The van der Waals surface area contributed by atoms with E-state index in [2.05, 4.69) is 11.9 Å².